The number of rotatable bonds is 6. The second-order valence-corrected chi connectivity index (χ2v) is 6.50. The van der Waals surface area contributed by atoms with Crippen LogP contribution in [0.1, 0.15) is 58.9 Å². The topological polar surface area (TPSA) is 21.3 Å². The fraction of sp³-hybridized carbons (Fsp3) is 0.667. The summed E-state index contributed by atoms with van der Waals surface area (Å²) in [4.78, 5) is 0. The van der Waals surface area contributed by atoms with Crippen molar-refractivity contribution in [2.45, 2.75) is 65.5 Å². The van der Waals surface area contributed by atoms with Crippen LogP contribution >= 0.6 is 0 Å². The van der Waals surface area contributed by atoms with Crippen LogP contribution in [0.3, 0.4) is 0 Å². The second kappa shape index (κ2) is 6.17. The van der Waals surface area contributed by atoms with Crippen LogP contribution in [0.5, 0.6) is 5.75 Å². The van der Waals surface area contributed by atoms with Crippen LogP contribution in [0.4, 0.5) is 0 Å². The molecule has 2 rings (SSSR count). The molecule has 0 aliphatic heterocycles. The summed E-state index contributed by atoms with van der Waals surface area (Å²) in [5.41, 5.74) is 1.57. The van der Waals surface area contributed by atoms with Crippen molar-refractivity contribution in [3.63, 3.8) is 0 Å². The summed E-state index contributed by atoms with van der Waals surface area (Å²) < 4.78 is 6.39. The van der Waals surface area contributed by atoms with Crippen molar-refractivity contribution in [2.75, 3.05) is 6.54 Å². The molecule has 0 heterocycles. The van der Waals surface area contributed by atoms with Gasteiger partial charge in [-0.2, -0.15) is 0 Å². The summed E-state index contributed by atoms with van der Waals surface area (Å²) in [6.07, 6.45) is 2.60. The molecule has 3 atom stereocenters. The van der Waals surface area contributed by atoms with Crippen LogP contribution in [-0.2, 0) is 0 Å². The van der Waals surface area contributed by atoms with Gasteiger partial charge in [-0.25, -0.2) is 0 Å². The van der Waals surface area contributed by atoms with Gasteiger partial charge in [0.05, 0.1) is 0 Å². The molecule has 0 radical (unpaired) electrons. The Morgan fingerprint density at radius 3 is 2.60 bits per heavy atom. The van der Waals surface area contributed by atoms with Crippen molar-refractivity contribution in [1.29, 1.82) is 0 Å². The molecule has 1 fully saturated rings. The van der Waals surface area contributed by atoms with Crippen LogP contribution in [0.2, 0.25) is 0 Å². The van der Waals surface area contributed by atoms with Gasteiger partial charge in [0, 0.05) is 17.9 Å². The van der Waals surface area contributed by atoms with E-state index in [2.05, 4.69) is 64.2 Å². The second-order valence-electron chi connectivity index (χ2n) is 6.50. The molecule has 0 saturated heterocycles. The Morgan fingerprint density at radius 1 is 1.30 bits per heavy atom. The van der Waals surface area contributed by atoms with E-state index in [0.717, 1.165) is 25.1 Å². The van der Waals surface area contributed by atoms with Gasteiger partial charge in [0.15, 0.2) is 0 Å². The summed E-state index contributed by atoms with van der Waals surface area (Å²) >= 11 is 0. The van der Waals surface area contributed by atoms with Gasteiger partial charge in [-0.05, 0) is 30.5 Å². The Kier molecular flexibility index (Phi) is 4.74. The molecule has 0 spiro atoms. The van der Waals surface area contributed by atoms with Crippen molar-refractivity contribution < 1.29 is 4.74 Å². The molecule has 1 aliphatic rings. The molecule has 112 valence electrons. The highest BCUT2D eigenvalue weighted by Gasteiger charge is 2.51. The maximum absolute atomic E-state index is 6.39. The third-order valence-electron chi connectivity index (χ3n) is 5.00. The normalized spacial score (nSPS) is 29.3. The van der Waals surface area contributed by atoms with Crippen LogP contribution in [0.15, 0.2) is 24.3 Å². The quantitative estimate of drug-likeness (QED) is 0.833. The molecule has 1 saturated carbocycles. The van der Waals surface area contributed by atoms with Gasteiger partial charge in [-0.15, -0.1) is 0 Å². The lowest BCUT2D eigenvalue weighted by Gasteiger charge is -2.53. The maximum atomic E-state index is 6.39. The Morgan fingerprint density at radius 2 is 2.00 bits per heavy atom. The summed E-state index contributed by atoms with van der Waals surface area (Å²) in [5.74, 6) is 1.57. The first kappa shape index (κ1) is 15.4. The zero-order valence-corrected chi connectivity index (χ0v) is 13.6. The standard InChI is InChI=1S/C18H29NO/c1-6-18(5)16(19-7-2)12-17(18)20-15-11-9-8-10-14(15)13(3)4/h8-11,13,16-17,19H,6-7,12H2,1-5H3. The zero-order valence-electron chi connectivity index (χ0n) is 13.6. The highest BCUT2D eigenvalue weighted by atomic mass is 16.5. The minimum absolute atomic E-state index is 0.250. The summed E-state index contributed by atoms with van der Waals surface area (Å²) in [6, 6.07) is 9.07. The van der Waals surface area contributed by atoms with Gasteiger partial charge in [0.2, 0.25) is 0 Å². The van der Waals surface area contributed by atoms with Crippen molar-refractivity contribution in [2.24, 2.45) is 5.41 Å². The minimum atomic E-state index is 0.250. The minimum Gasteiger partial charge on any atom is -0.489 e. The molecule has 1 N–H and O–H groups in total. The molecule has 0 bridgehead atoms. The highest BCUT2D eigenvalue weighted by Crippen LogP contribution is 2.46. The van der Waals surface area contributed by atoms with Crippen molar-refractivity contribution in [1.82, 2.24) is 5.32 Å². The van der Waals surface area contributed by atoms with Gasteiger partial charge in [0.1, 0.15) is 11.9 Å². The fourth-order valence-corrected chi connectivity index (χ4v) is 3.25. The molecule has 0 aromatic heterocycles. The molecule has 1 aromatic rings. The van der Waals surface area contributed by atoms with Gasteiger partial charge in [0.25, 0.3) is 0 Å². The summed E-state index contributed by atoms with van der Waals surface area (Å²) in [7, 11) is 0. The van der Waals surface area contributed by atoms with Crippen LogP contribution in [-0.4, -0.2) is 18.7 Å². The first-order valence-corrected chi connectivity index (χ1v) is 8.01. The van der Waals surface area contributed by atoms with Gasteiger partial charge < -0.3 is 10.1 Å². The van der Waals surface area contributed by atoms with E-state index < -0.39 is 0 Å². The molecule has 2 heteroatoms. The number of nitrogens with one attached hydrogen (secondary N) is 1. The van der Waals surface area contributed by atoms with Crippen LogP contribution in [0, 0.1) is 5.41 Å². The number of para-hydroxylation sites is 1. The number of hydrogen-bond acceptors (Lipinski definition) is 2. The third-order valence-corrected chi connectivity index (χ3v) is 5.00. The maximum Gasteiger partial charge on any atom is 0.123 e. The first-order chi connectivity index (χ1) is 9.52. The van der Waals surface area contributed by atoms with Gasteiger partial charge >= 0.3 is 0 Å². The monoisotopic (exact) mass is 275 g/mol. The van der Waals surface area contributed by atoms with E-state index >= 15 is 0 Å². The SMILES string of the molecule is CCNC1CC(Oc2ccccc2C(C)C)C1(C)CC. The third kappa shape index (κ3) is 2.71. The Hall–Kier alpha value is -1.02. The predicted octanol–water partition coefficient (Wildman–Crippen LogP) is 4.36. The molecule has 2 nitrogen and oxygen atoms in total. The lowest BCUT2D eigenvalue weighted by atomic mass is 9.61. The zero-order chi connectivity index (χ0) is 14.8. The van der Waals surface area contributed by atoms with Crippen LogP contribution < -0.4 is 10.1 Å². The largest absolute Gasteiger partial charge is 0.489 e. The average Bonchev–Trinajstić information content (AvgIpc) is 2.45. The number of hydrogen-bond donors (Lipinski definition) is 1. The molecule has 3 unspecified atom stereocenters. The number of ether oxygens (including phenoxy) is 1. The predicted molar refractivity (Wildman–Crippen MR) is 85.4 cm³/mol. The Bertz CT molecular complexity index is 443. The summed E-state index contributed by atoms with van der Waals surface area (Å²) in [5, 5.41) is 3.60. The van der Waals surface area contributed by atoms with E-state index in [4.69, 9.17) is 4.74 Å². The van der Waals surface area contributed by atoms with E-state index in [0.29, 0.717) is 18.1 Å². The van der Waals surface area contributed by atoms with E-state index in [1.165, 1.54) is 5.56 Å². The molecule has 1 aliphatic carbocycles. The Balaban J connectivity index is 2.12. The van der Waals surface area contributed by atoms with E-state index in [9.17, 15) is 0 Å². The van der Waals surface area contributed by atoms with Crippen molar-refractivity contribution in [3.8, 4) is 5.75 Å². The fourth-order valence-electron chi connectivity index (χ4n) is 3.25. The van der Waals surface area contributed by atoms with E-state index in [-0.39, 0.29) is 5.41 Å². The molecular weight excluding hydrogens is 246 g/mol. The first-order valence-electron chi connectivity index (χ1n) is 8.01. The lowest BCUT2D eigenvalue weighted by Crippen LogP contribution is -2.63. The average molecular weight is 275 g/mol. The van der Waals surface area contributed by atoms with E-state index in [1.54, 1.807) is 0 Å². The van der Waals surface area contributed by atoms with Crippen molar-refractivity contribution in [3.05, 3.63) is 29.8 Å². The van der Waals surface area contributed by atoms with Crippen molar-refractivity contribution >= 4 is 0 Å². The lowest BCUT2D eigenvalue weighted by molar-refractivity contribution is -0.0701. The van der Waals surface area contributed by atoms with Crippen LogP contribution in [0.25, 0.3) is 0 Å². The molecule has 1 aromatic carbocycles. The Labute approximate surface area is 123 Å². The highest BCUT2D eigenvalue weighted by molar-refractivity contribution is 5.36. The molecule has 20 heavy (non-hydrogen) atoms. The van der Waals surface area contributed by atoms with Gasteiger partial charge in [-0.3, -0.25) is 0 Å². The van der Waals surface area contributed by atoms with E-state index in [1.807, 2.05) is 0 Å². The molecule has 0 amide bonds. The summed E-state index contributed by atoms with van der Waals surface area (Å²) in [6.45, 7) is 12.3. The molecular formula is C18H29NO. The van der Waals surface area contributed by atoms with Gasteiger partial charge in [-0.1, -0.05) is 52.8 Å². The number of benzene rings is 1. The smallest absolute Gasteiger partial charge is 0.123 e.